The van der Waals surface area contributed by atoms with Crippen LogP contribution in [0.15, 0.2) is 41.0 Å². The minimum atomic E-state index is -0.571. The Morgan fingerprint density at radius 1 is 1.38 bits per heavy atom. The maximum Gasteiger partial charge on any atom is 0.292 e. The number of nitro groups is 1. The highest BCUT2D eigenvalue weighted by Crippen LogP contribution is 2.29. The van der Waals surface area contributed by atoms with Crippen LogP contribution in [0, 0.1) is 10.1 Å². The molecule has 2 aromatic heterocycles. The fourth-order valence-electron chi connectivity index (χ4n) is 1.97. The number of aromatic nitrogens is 2. The van der Waals surface area contributed by atoms with Crippen molar-refractivity contribution in [3.63, 3.8) is 0 Å². The van der Waals surface area contributed by atoms with Crippen molar-refractivity contribution in [1.29, 1.82) is 0 Å². The number of nitro benzene ring substituents is 1. The van der Waals surface area contributed by atoms with Crippen LogP contribution >= 0.6 is 34.7 Å². The van der Waals surface area contributed by atoms with E-state index in [4.69, 9.17) is 11.6 Å². The van der Waals surface area contributed by atoms with Crippen LogP contribution in [-0.4, -0.2) is 26.6 Å². The van der Waals surface area contributed by atoms with E-state index >= 15 is 0 Å². The molecule has 0 radical (unpaired) electrons. The molecule has 0 aliphatic carbocycles. The number of carbonyl (C=O) groups is 1. The third kappa shape index (κ3) is 3.64. The minimum absolute atomic E-state index is 0.0611. The summed E-state index contributed by atoms with van der Waals surface area (Å²) in [4.78, 5) is 31.7. The average molecular weight is 381 g/mol. The van der Waals surface area contributed by atoms with Crippen LogP contribution in [-0.2, 0) is 4.79 Å². The number of rotatable bonds is 5. The number of thiophene rings is 1. The fourth-order valence-corrected chi connectivity index (χ4v) is 3.72. The Labute approximate surface area is 149 Å². The second-order valence-corrected chi connectivity index (χ2v) is 6.87. The largest absolute Gasteiger partial charge is 0.320 e. The van der Waals surface area contributed by atoms with E-state index in [9.17, 15) is 14.9 Å². The Hall–Kier alpha value is -2.23. The number of benzene rings is 1. The molecule has 122 valence electrons. The number of nitrogens with zero attached hydrogens (tertiary/aromatic N) is 3. The number of fused-ring (bicyclic) bond motifs is 1. The van der Waals surface area contributed by atoms with Gasteiger partial charge in [0.05, 0.1) is 10.7 Å². The van der Waals surface area contributed by atoms with Crippen LogP contribution < -0.4 is 5.32 Å². The van der Waals surface area contributed by atoms with E-state index < -0.39 is 4.92 Å². The molecular formula is C14H9ClN4O3S2. The van der Waals surface area contributed by atoms with Crippen LogP contribution in [0.2, 0.25) is 5.02 Å². The van der Waals surface area contributed by atoms with E-state index in [0.29, 0.717) is 10.0 Å². The van der Waals surface area contributed by atoms with E-state index in [-0.39, 0.29) is 23.0 Å². The first-order valence-corrected chi connectivity index (χ1v) is 8.83. The van der Waals surface area contributed by atoms with Gasteiger partial charge >= 0.3 is 0 Å². The smallest absolute Gasteiger partial charge is 0.292 e. The Morgan fingerprint density at radius 3 is 3.00 bits per heavy atom. The molecule has 1 N–H and O–H groups in total. The number of halogens is 1. The van der Waals surface area contributed by atoms with Gasteiger partial charge in [-0.2, -0.15) is 0 Å². The predicted molar refractivity (Wildman–Crippen MR) is 94.9 cm³/mol. The molecule has 0 aliphatic heterocycles. The van der Waals surface area contributed by atoms with E-state index in [0.717, 1.165) is 10.2 Å². The third-order valence-corrected chi connectivity index (χ3v) is 5.06. The van der Waals surface area contributed by atoms with Crippen molar-refractivity contribution in [2.24, 2.45) is 0 Å². The number of thioether (sulfide) groups is 1. The lowest BCUT2D eigenvalue weighted by Gasteiger charge is -2.06. The van der Waals surface area contributed by atoms with Gasteiger partial charge in [-0.05, 0) is 23.6 Å². The molecule has 1 amide bonds. The SMILES string of the molecule is O=C(CSc1ncnc2sccc12)Nc1cc(Cl)ccc1[N+](=O)[O-]. The first-order valence-electron chi connectivity index (χ1n) is 6.59. The van der Waals surface area contributed by atoms with Crippen LogP contribution in [0.3, 0.4) is 0 Å². The van der Waals surface area contributed by atoms with Crippen molar-refractivity contribution in [2.75, 3.05) is 11.1 Å². The quantitative estimate of drug-likeness (QED) is 0.311. The zero-order valence-electron chi connectivity index (χ0n) is 11.9. The molecule has 0 unspecified atom stereocenters. The molecule has 0 saturated carbocycles. The van der Waals surface area contributed by atoms with Crippen LogP contribution in [0.5, 0.6) is 0 Å². The molecule has 3 rings (SSSR count). The molecule has 0 spiro atoms. The summed E-state index contributed by atoms with van der Waals surface area (Å²) in [5.41, 5.74) is -0.138. The third-order valence-electron chi connectivity index (χ3n) is 2.99. The normalized spacial score (nSPS) is 10.7. The Morgan fingerprint density at radius 2 is 2.21 bits per heavy atom. The van der Waals surface area contributed by atoms with Crippen molar-refractivity contribution >= 4 is 62.2 Å². The molecule has 0 fully saturated rings. The van der Waals surface area contributed by atoms with Gasteiger partial charge in [-0.15, -0.1) is 11.3 Å². The lowest BCUT2D eigenvalue weighted by molar-refractivity contribution is -0.383. The summed E-state index contributed by atoms with van der Waals surface area (Å²) in [6.45, 7) is 0. The number of hydrogen-bond acceptors (Lipinski definition) is 7. The number of hydrogen-bond donors (Lipinski definition) is 1. The maximum absolute atomic E-state index is 12.1. The molecule has 0 saturated heterocycles. The molecule has 0 atom stereocenters. The number of anilines is 1. The van der Waals surface area contributed by atoms with Crippen molar-refractivity contribution < 1.29 is 9.72 Å². The van der Waals surface area contributed by atoms with E-state index in [1.54, 1.807) is 0 Å². The van der Waals surface area contributed by atoms with Gasteiger partial charge < -0.3 is 5.32 Å². The highest BCUT2D eigenvalue weighted by molar-refractivity contribution is 8.00. The lowest BCUT2D eigenvalue weighted by Crippen LogP contribution is -2.15. The van der Waals surface area contributed by atoms with Crippen LogP contribution in [0.1, 0.15) is 0 Å². The molecule has 10 heteroatoms. The first kappa shape index (κ1) is 16.6. The topological polar surface area (TPSA) is 98.0 Å². The van der Waals surface area contributed by atoms with Crippen molar-refractivity contribution in [2.45, 2.75) is 5.03 Å². The molecule has 0 aliphatic rings. The standard InChI is InChI=1S/C14H9ClN4O3S2/c15-8-1-2-11(19(21)22)10(5-8)18-12(20)6-24-14-9-3-4-23-13(9)16-7-17-14/h1-5,7H,6H2,(H,18,20). The minimum Gasteiger partial charge on any atom is -0.320 e. The Kier molecular flexibility index (Phi) is 4.93. The summed E-state index contributed by atoms with van der Waals surface area (Å²) in [6, 6.07) is 5.90. The van der Waals surface area contributed by atoms with Crippen molar-refractivity contribution in [3.8, 4) is 0 Å². The summed E-state index contributed by atoms with van der Waals surface area (Å²) < 4.78 is 0. The van der Waals surface area contributed by atoms with Gasteiger partial charge in [0.2, 0.25) is 5.91 Å². The first-order chi connectivity index (χ1) is 11.5. The van der Waals surface area contributed by atoms with E-state index in [1.165, 1.54) is 47.6 Å². The van der Waals surface area contributed by atoms with Gasteiger partial charge in [-0.25, -0.2) is 9.97 Å². The summed E-state index contributed by atoms with van der Waals surface area (Å²) in [7, 11) is 0. The molecule has 0 bridgehead atoms. The molecule has 3 aromatic rings. The van der Waals surface area contributed by atoms with Crippen molar-refractivity contribution in [1.82, 2.24) is 9.97 Å². The van der Waals surface area contributed by atoms with Crippen LogP contribution in [0.25, 0.3) is 10.2 Å². The monoisotopic (exact) mass is 380 g/mol. The second-order valence-electron chi connectivity index (χ2n) is 4.57. The van der Waals surface area contributed by atoms with Gasteiger partial charge in [0.15, 0.2) is 0 Å². The molecule has 7 nitrogen and oxygen atoms in total. The number of carbonyl (C=O) groups excluding carboxylic acids is 1. The number of nitrogens with one attached hydrogen (secondary N) is 1. The highest BCUT2D eigenvalue weighted by atomic mass is 35.5. The second kappa shape index (κ2) is 7.12. The summed E-state index contributed by atoms with van der Waals surface area (Å²) in [6.07, 6.45) is 1.45. The fraction of sp³-hybridized carbons (Fsp3) is 0.0714. The number of amides is 1. The molecule has 1 aromatic carbocycles. The van der Waals surface area contributed by atoms with Gasteiger partial charge in [-0.3, -0.25) is 14.9 Å². The van der Waals surface area contributed by atoms with Gasteiger partial charge in [0, 0.05) is 16.5 Å². The van der Waals surface area contributed by atoms with Gasteiger partial charge in [0.1, 0.15) is 21.9 Å². The van der Waals surface area contributed by atoms with Gasteiger partial charge in [-0.1, -0.05) is 23.4 Å². The summed E-state index contributed by atoms with van der Waals surface area (Å²) in [5, 5.41) is 17.3. The molecule has 2 heterocycles. The zero-order chi connectivity index (χ0) is 17.1. The highest BCUT2D eigenvalue weighted by Gasteiger charge is 2.17. The summed E-state index contributed by atoms with van der Waals surface area (Å²) >= 11 is 8.57. The Bertz CT molecular complexity index is 931. The average Bonchev–Trinajstić information content (AvgIpc) is 3.01. The molecular weight excluding hydrogens is 372 g/mol. The molecule has 24 heavy (non-hydrogen) atoms. The van der Waals surface area contributed by atoms with Crippen LogP contribution in [0.4, 0.5) is 11.4 Å². The van der Waals surface area contributed by atoms with E-state index in [2.05, 4.69) is 15.3 Å². The zero-order valence-corrected chi connectivity index (χ0v) is 14.3. The maximum atomic E-state index is 12.1. The lowest BCUT2D eigenvalue weighted by atomic mass is 10.2. The Balaban J connectivity index is 1.71. The van der Waals surface area contributed by atoms with Crippen molar-refractivity contribution in [3.05, 3.63) is 51.1 Å². The van der Waals surface area contributed by atoms with Gasteiger partial charge in [0.25, 0.3) is 5.69 Å². The van der Waals surface area contributed by atoms with E-state index in [1.807, 2.05) is 11.4 Å². The summed E-state index contributed by atoms with van der Waals surface area (Å²) in [5.74, 6) is -0.321. The predicted octanol–water partition coefficient (Wildman–Crippen LogP) is 3.98.